The van der Waals surface area contributed by atoms with Gasteiger partial charge in [-0.15, -0.1) is 0 Å². The van der Waals surface area contributed by atoms with Gasteiger partial charge in [0.2, 0.25) is 0 Å². The van der Waals surface area contributed by atoms with Gasteiger partial charge in [-0.2, -0.15) is 5.26 Å². The smallest absolute Gasteiger partial charge is 0.259 e. The van der Waals surface area contributed by atoms with Crippen LogP contribution < -0.4 is 5.32 Å². The molecule has 0 heterocycles. The Kier molecular flexibility index (Phi) is 3.88. The van der Waals surface area contributed by atoms with E-state index in [0.717, 1.165) is 5.39 Å². The molecule has 0 aliphatic heterocycles. The van der Waals surface area contributed by atoms with Gasteiger partial charge >= 0.3 is 0 Å². The van der Waals surface area contributed by atoms with E-state index in [0.29, 0.717) is 16.6 Å². The Labute approximate surface area is 137 Å². The molecule has 0 bridgehead atoms. The molecule has 112 valence electrons. The van der Waals surface area contributed by atoms with Crippen LogP contribution in [0.1, 0.15) is 15.9 Å². The average molecular weight is 323 g/mol. The van der Waals surface area contributed by atoms with Gasteiger partial charge in [-0.1, -0.05) is 41.9 Å². The standard InChI is InChI=1S/C18H11ClN2O2/c19-15-9-11(10-20)5-8-16(15)21-18(23)14-7-6-12-3-1-2-4-13(12)17(14)22/h1-9,22H,(H,21,23). The summed E-state index contributed by atoms with van der Waals surface area (Å²) in [4.78, 5) is 12.4. The fraction of sp³-hybridized carbons (Fsp3) is 0. The molecule has 0 fully saturated rings. The van der Waals surface area contributed by atoms with Crippen molar-refractivity contribution in [2.45, 2.75) is 0 Å². The number of rotatable bonds is 2. The first-order valence-corrected chi connectivity index (χ1v) is 7.19. The van der Waals surface area contributed by atoms with Crippen LogP contribution in [0.25, 0.3) is 10.8 Å². The molecule has 23 heavy (non-hydrogen) atoms. The molecule has 5 heteroatoms. The highest BCUT2D eigenvalue weighted by Gasteiger charge is 2.15. The van der Waals surface area contributed by atoms with Crippen molar-refractivity contribution in [3.63, 3.8) is 0 Å². The van der Waals surface area contributed by atoms with Gasteiger partial charge in [-0.3, -0.25) is 4.79 Å². The summed E-state index contributed by atoms with van der Waals surface area (Å²) in [5.74, 6) is -0.551. The van der Waals surface area contributed by atoms with Crippen LogP contribution in [0.4, 0.5) is 5.69 Å². The number of phenols is 1. The molecular weight excluding hydrogens is 312 g/mol. The van der Waals surface area contributed by atoms with Crippen molar-refractivity contribution in [2.75, 3.05) is 5.32 Å². The fourth-order valence-electron chi connectivity index (χ4n) is 2.31. The Balaban J connectivity index is 1.95. The average Bonchev–Trinajstić information content (AvgIpc) is 2.57. The van der Waals surface area contributed by atoms with E-state index in [1.165, 1.54) is 6.07 Å². The van der Waals surface area contributed by atoms with Crippen LogP contribution in [0, 0.1) is 11.3 Å². The van der Waals surface area contributed by atoms with Crippen molar-refractivity contribution >= 4 is 34.0 Å². The number of carbonyl (C=O) groups excluding carboxylic acids is 1. The van der Waals surface area contributed by atoms with E-state index in [1.807, 2.05) is 18.2 Å². The monoisotopic (exact) mass is 322 g/mol. The van der Waals surface area contributed by atoms with Gasteiger partial charge in [0, 0.05) is 5.39 Å². The van der Waals surface area contributed by atoms with Gasteiger partial charge in [0.1, 0.15) is 5.75 Å². The molecule has 0 spiro atoms. The van der Waals surface area contributed by atoms with E-state index < -0.39 is 5.91 Å². The summed E-state index contributed by atoms with van der Waals surface area (Å²) < 4.78 is 0. The minimum Gasteiger partial charge on any atom is -0.506 e. The molecule has 1 amide bonds. The molecule has 0 aliphatic carbocycles. The second-order valence-electron chi connectivity index (χ2n) is 4.94. The van der Waals surface area contributed by atoms with Crippen LogP contribution in [-0.2, 0) is 0 Å². The molecule has 3 aromatic carbocycles. The first-order chi connectivity index (χ1) is 11.1. The number of anilines is 1. The number of phenolic OH excluding ortho intramolecular Hbond substituents is 1. The molecule has 0 atom stereocenters. The zero-order chi connectivity index (χ0) is 16.4. The first kappa shape index (κ1) is 14.9. The Bertz CT molecular complexity index is 961. The lowest BCUT2D eigenvalue weighted by Gasteiger charge is -2.10. The normalized spacial score (nSPS) is 10.3. The van der Waals surface area contributed by atoms with Crippen molar-refractivity contribution < 1.29 is 9.90 Å². The molecule has 3 aromatic rings. The molecule has 0 unspecified atom stereocenters. The van der Waals surface area contributed by atoms with Crippen LogP contribution in [-0.4, -0.2) is 11.0 Å². The number of carbonyl (C=O) groups is 1. The topological polar surface area (TPSA) is 73.1 Å². The van der Waals surface area contributed by atoms with Gasteiger partial charge in [0.05, 0.1) is 27.9 Å². The maximum Gasteiger partial charge on any atom is 0.259 e. The van der Waals surface area contributed by atoms with Gasteiger partial charge in [-0.05, 0) is 29.7 Å². The quantitative estimate of drug-likeness (QED) is 0.737. The number of hydrogen-bond donors (Lipinski definition) is 2. The van der Waals surface area contributed by atoms with Crippen LogP contribution >= 0.6 is 11.6 Å². The predicted molar refractivity (Wildman–Crippen MR) is 89.7 cm³/mol. The number of aromatic hydroxyl groups is 1. The number of nitrogens with zero attached hydrogens (tertiary/aromatic N) is 1. The highest BCUT2D eigenvalue weighted by atomic mass is 35.5. The minimum absolute atomic E-state index is 0.0784. The summed E-state index contributed by atoms with van der Waals surface area (Å²) >= 11 is 6.05. The van der Waals surface area contributed by atoms with Crippen molar-refractivity contribution in [1.29, 1.82) is 5.26 Å². The summed E-state index contributed by atoms with van der Waals surface area (Å²) in [6.07, 6.45) is 0. The second kappa shape index (κ2) is 5.99. The first-order valence-electron chi connectivity index (χ1n) is 6.82. The van der Waals surface area contributed by atoms with Crippen LogP contribution in [0.15, 0.2) is 54.6 Å². The number of nitrogens with one attached hydrogen (secondary N) is 1. The molecule has 0 saturated heterocycles. The lowest BCUT2D eigenvalue weighted by molar-refractivity contribution is 0.102. The van der Waals surface area contributed by atoms with Gasteiger partial charge < -0.3 is 10.4 Å². The third-order valence-electron chi connectivity index (χ3n) is 3.49. The van der Waals surface area contributed by atoms with E-state index in [1.54, 1.807) is 36.4 Å². The number of hydrogen-bond acceptors (Lipinski definition) is 3. The van der Waals surface area contributed by atoms with Crippen molar-refractivity contribution in [3.05, 3.63) is 70.7 Å². The van der Waals surface area contributed by atoms with Crippen LogP contribution in [0.3, 0.4) is 0 Å². The molecule has 0 saturated carbocycles. The molecule has 0 radical (unpaired) electrons. The molecule has 3 rings (SSSR count). The predicted octanol–water partition coefficient (Wildman–Crippen LogP) is 4.32. The van der Waals surface area contributed by atoms with Crippen molar-refractivity contribution in [1.82, 2.24) is 0 Å². The summed E-state index contributed by atoms with van der Waals surface area (Å²) in [6.45, 7) is 0. The zero-order valence-electron chi connectivity index (χ0n) is 11.9. The minimum atomic E-state index is -0.472. The Hall–Kier alpha value is -3.03. The fourth-order valence-corrected chi connectivity index (χ4v) is 2.54. The Morgan fingerprint density at radius 2 is 1.91 bits per heavy atom. The number of benzene rings is 3. The van der Waals surface area contributed by atoms with Crippen LogP contribution in [0.5, 0.6) is 5.75 Å². The SMILES string of the molecule is N#Cc1ccc(NC(=O)c2ccc3ccccc3c2O)c(Cl)c1. The summed E-state index contributed by atoms with van der Waals surface area (Å²) in [6, 6.07) is 17.1. The number of amides is 1. The highest BCUT2D eigenvalue weighted by Crippen LogP contribution is 2.30. The number of nitriles is 1. The second-order valence-corrected chi connectivity index (χ2v) is 5.35. The maximum atomic E-state index is 12.4. The highest BCUT2D eigenvalue weighted by molar-refractivity contribution is 6.34. The van der Waals surface area contributed by atoms with E-state index in [4.69, 9.17) is 16.9 Å². The van der Waals surface area contributed by atoms with E-state index in [9.17, 15) is 9.90 Å². The molecule has 0 aromatic heterocycles. The largest absolute Gasteiger partial charge is 0.506 e. The number of halogens is 1. The molecular formula is C18H11ClN2O2. The lowest BCUT2D eigenvalue weighted by Crippen LogP contribution is -2.12. The summed E-state index contributed by atoms with van der Waals surface area (Å²) in [5, 5.41) is 23.5. The van der Waals surface area contributed by atoms with Gasteiger partial charge in [0.15, 0.2) is 0 Å². The lowest BCUT2D eigenvalue weighted by atomic mass is 10.0. The zero-order valence-corrected chi connectivity index (χ0v) is 12.6. The molecule has 0 aliphatic rings. The Morgan fingerprint density at radius 3 is 2.65 bits per heavy atom. The van der Waals surface area contributed by atoms with Crippen molar-refractivity contribution in [2.24, 2.45) is 0 Å². The van der Waals surface area contributed by atoms with Gasteiger partial charge in [-0.25, -0.2) is 0 Å². The van der Waals surface area contributed by atoms with E-state index in [-0.39, 0.29) is 16.3 Å². The summed E-state index contributed by atoms with van der Waals surface area (Å²) in [5.41, 5.74) is 0.939. The summed E-state index contributed by atoms with van der Waals surface area (Å²) in [7, 11) is 0. The third-order valence-corrected chi connectivity index (χ3v) is 3.80. The van der Waals surface area contributed by atoms with Crippen molar-refractivity contribution in [3.8, 4) is 11.8 Å². The maximum absolute atomic E-state index is 12.4. The molecule has 4 nitrogen and oxygen atoms in total. The Morgan fingerprint density at radius 1 is 1.13 bits per heavy atom. The molecule has 2 N–H and O–H groups in total. The van der Waals surface area contributed by atoms with E-state index >= 15 is 0 Å². The number of fused-ring (bicyclic) bond motifs is 1. The van der Waals surface area contributed by atoms with Gasteiger partial charge in [0.25, 0.3) is 5.91 Å². The third kappa shape index (κ3) is 2.83. The van der Waals surface area contributed by atoms with E-state index in [2.05, 4.69) is 5.32 Å². The van der Waals surface area contributed by atoms with Crippen LogP contribution in [0.2, 0.25) is 5.02 Å².